The number of para-hydroxylation sites is 1. The summed E-state index contributed by atoms with van der Waals surface area (Å²) in [6.45, 7) is 1.96. The van der Waals surface area contributed by atoms with Crippen LogP contribution in [0.2, 0.25) is 0 Å². The summed E-state index contributed by atoms with van der Waals surface area (Å²) in [6, 6.07) is 17.1. The van der Waals surface area contributed by atoms with Gasteiger partial charge in [0.15, 0.2) is 5.65 Å². The van der Waals surface area contributed by atoms with Crippen molar-refractivity contribution < 1.29 is 0 Å². The number of pyridine rings is 1. The van der Waals surface area contributed by atoms with E-state index in [2.05, 4.69) is 9.97 Å². The van der Waals surface area contributed by atoms with Gasteiger partial charge in [-0.1, -0.05) is 30.3 Å². The van der Waals surface area contributed by atoms with Gasteiger partial charge in [-0.15, -0.1) is 0 Å². The second kappa shape index (κ2) is 6.20. The standard InChI is InChI=1S/C20H16N4O/c1-15-12-19-22-17(10-9-16-6-5-11-21-14-16)13-20(25)24(19)23(15)18-7-3-2-4-8-18/h2-14H,1H3. The van der Waals surface area contributed by atoms with E-state index in [0.717, 1.165) is 16.9 Å². The van der Waals surface area contributed by atoms with Crippen molar-refractivity contribution in [2.75, 3.05) is 0 Å². The van der Waals surface area contributed by atoms with Gasteiger partial charge in [0.05, 0.1) is 11.4 Å². The van der Waals surface area contributed by atoms with E-state index < -0.39 is 0 Å². The summed E-state index contributed by atoms with van der Waals surface area (Å²) >= 11 is 0. The van der Waals surface area contributed by atoms with Crippen LogP contribution < -0.4 is 5.56 Å². The zero-order chi connectivity index (χ0) is 17.2. The first-order valence-corrected chi connectivity index (χ1v) is 7.98. The average molecular weight is 328 g/mol. The molecule has 0 aliphatic rings. The minimum Gasteiger partial charge on any atom is -0.267 e. The van der Waals surface area contributed by atoms with Crippen LogP contribution in [0.3, 0.4) is 0 Å². The zero-order valence-corrected chi connectivity index (χ0v) is 13.7. The van der Waals surface area contributed by atoms with E-state index in [1.54, 1.807) is 23.0 Å². The topological polar surface area (TPSA) is 52.2 Å². The third kappa shape index (κ3) is 2.87. The molecule has 1 aromatic carbocycles. The molecule has 4 aromatic rings. The summed E-state index contributed by atoms with van der Waals surface area (Å²) in [5.74, 6) is 0. The van der Waals surface area contributed by atoms with Crippen molar-refractivity contribution in [2.45, 2.75) is 6.92 Å². The molecular formula is C20H16N4O. The predicted octanol–water partition coefficient (Wildman–Crippen LogP) is 3.36. The van der Waals surface area contributed by atoms with E-state index >= 15 is 0 Å². The lowest BCUT2D eigenvalue weighted by Crippen LogP contribution is -2.20. The van der Waals surface area contributed by atoms with Gasteiger partial charge in [-0.05, 0) is 36.8 Å². The lowest BCUT2D eigenvalue weighted by atomic mass is 10.2. The quantitative estimate of drug-likeness (QED) is 0.579. The highest BCUT2D eigenvalue weighted by Crippen LogP contribution is 2.14. The molecule has 0 aliphatic heterocycles. The van der Waals surface area contributed by atoms with Crippen molar-refractivity contribution in [3.8, 4) is 5.69 Å². The number of aromatic nitrogens is 4. The van der Waals surface area contributed by atoms with Gasteiger partial charge in [-0.3, -0.25) is 9.78 Å². The first-order valence-electron chi connectivity index (χ1n) is 7.98. The molecule has 4 rings (SSSR count). The van der Waals surface area contributed by atoms with Crippen LogP contribution in [0.15, 0.2) is 71.8 Å². The molecule has 0 bridgehead atoms. The first kappa shape index (κ1) is 15.1. The molecule has 0 unspecified atom stereocenters. The van der Waals surface area contributed by atoms with Gasteiger partial charge in [-0.25, -0.2) is 9.67 Å². The van der Waals surface area contributed by atoms with Crippen LogP contribution in [0.1, 0.15) is 17.0 Å². The van der Waals surface area contributed by atoms with Crippen molar-refractivity contribution in [1.82, 2.24) is 19.2 Å². The highest BCUT2D eigenvalue weighted by Gasteiger charge is 2.10. The van der Waals surface area contributed by atoms with Crippen molar-refractivity contribution in [2.24, 2.45) is 0 Å². The summed E-state index contributed by atoms with van der Waals surface area (Å²) in [4.78, 5) is 21.3. The Labute approximate surface area is 144 Å². The first-order chi connectivity index (χ1) is 12.2. The van der Waals surface area contributed by atoms with Gasteiger partial charge >= 0.3 is 0 Å². The van der Waals surface area contributed by atoms with Gasteiger partial charge in [0.25, 0.3) is 5.56 Å². The number of hydrogen-bond acceptors (Lipinski definition) is 3. The smallest absolute Gasteiger partial charge is 0.267 e. The molecular weight excluding hydrogens is 312 g/mol. The fraction of sp³-hybridized carbons (Fsp3) is 0.0500. The Morgan fingerprint density at radius 3 is 2.60 bits per heavy atom. The maximum absolute atomic E-state index is 12.7. The number of fused-ring (bicyclic) bond motifs is 1. The number of hydrogen-bond donors (Lipinski definition) is 0. The molecule has 0 aliphatic carbocycles. The van der Waals surface area contributed by atoms with Crippen LogP contribution in [0.5, 0.6) is 0 Å². The van der Waals surface area contributed by atoms with E-state index in [0.29, 0.717) is 11.3 Å². The molecule has 0 saturated heterocycles. The van der Waals surface area contributed by atoms with E-state index in [9.17, 15) is 4.79 Å². The highest BCUT2D eigenvalue weighted by atomic mass is 16.1. The number of nitrogens with zero attached hydrogens (tertiary/aromatic N) is 4. The Hall–Kier alpha value is -3.47. The third-order valence-electron chi connectivity index (χ3n) is 3.94. The summed E-state index contributed by atoms with van der Waals surface area (Å²) in [6.07, 6.45) is 7.21. The van der Waals surface area contributed by atoms with Crippen molar-refractivity contribution in [3.63, 3.8) is 0 Å². The van der Waals surface area contributed by atoms with Crippen LogP contribution in [0, 0.1) is 6.92 Å². The van der Waals surface area contributed by atoms with Gasteiger partial charge in [0.1, 0.15) is 0 Å². The molecule has 5 nitrogen and oxygen atoms in total. The Morgan fingerprint density at radius 2 is 1.84 bits per heavy atom. The summed E-state index contributed by atoms with van der Waals surface area (Å²) in [5.41, 5.74) is 3.97. The summed E-state index contributed by atoms with van der Waals surface area (Å²) < 4.78 is 3.46. The maximum atomic E-state index is 12.7. The summed E-state index contributed by atoms with van der Waals surface area (Å²) in [5, 5.41) is 0. The van der Waals surface area contributed by atoms with Crippen LogP contribution >= 0.6 is 0 Å². The fourth-order valence-corrected chi connectivity index (χ4v) is 2.84. The molecule has 0 atom stereocenters. The van der Waals surface area contributed by atoms with Crippen LogP contribution in [0.25, 0.3) is 23.5 Å². The second-order valence-corrected chi connectivity index (χ2v) is 5.74. The molecule has 0 fully saturated rings. The van der Waals surface area contributed by atoms with Crippen LogP contribution in [0.4, 0.5) is 0 Å². The molecule has 5 heteroatoms. The molecule has 0 N–H and O–H groups in total. The fourth-order valence-electron chi connectivity index (χ4n) is 2.84. The molecule has 25 heavy (non-hydrogen) atoms. The molecule has 0 spiro atoms. The predicted molar refractivity (Wildman–Crippen MR) is 98.7 cm³/mol. The molecule has 3 heterocycles. The molecule has 0 radical (unpaired) electrons. The Kier molecular flexibility index (Phi) is 3.74. The molecule has 3 aromatic heterocycles. The van der Waals surface area contributed by atoms with Crippen molar-refractivity contribution in [3.05, 3.63) is 94.3 Å². The largest absolute Gasteiger partial charge is 0.273 e. The normalized spacial score (nSPS) is 11.4. The van der Waals surface area contributed by atoms with E-state index in [-0.39, 0.29) is 5.56 Å². The van der Waals surface area contributed by atoms with Gasteiger partial charge in [-0.2, -0.15) is 4.52 Å². The molecule has 0 saturated carbocycles. The number of rotatable bonds is 3. The van der Waals surface area contributed by atoms with E-state index in [4.69, 9.17) is 0 Å². The minimum atomic E-state index is -0.118. The minimum absolute atomic E-state index is 0.118. The van der Waals surface area contributed by atoms with Gasteiger partial charge in [0, 0.05) is 30.2 Å². The van der Waals surface area contributed by atoms with E-state index in [1.807, 2.05) is 72.3 Å². The van der Waals surface area contributed by atoms with Gasteiger partial charge in [0.2, 0.25) is 0 Å². The van der Waals surface area contributed by atoms with Crippen molar-refractivity contribution >= 4 is 17.8 Å². The highest BCUT2D eigenvalue weighted by molar-refractivity contribution is 5.68. The van der Waals surface area contributed by atoms with Gasteiger partial charge < -0.3 is 0 Å². The Balaban J connectivity index is 1.82. The lowest BCUT2D eigenvalue weighted by Gasteiger charge is -2.08. The lowest BCUT2D eigenvalue weighted by molar-refractivity contribution is 0.742. The third-order valence-corrected chi connectivity index (χ3v) is 3.94. The summed E-state index contributed by atoms with van der Waals surface area (Å²) in [7, 11) is 0. The zero-order valence-electron chi connectivity index (χ0n) is 13.7. The maximum Gasteiger partial charge on any atom is 0.273 e. The number of benzene rings is 1. The van der Waals surface area contributed by atoms with E-state index in [1.165, 1.54) is 0 Å². The van der Waals surface area contributed by atoms with Crippen LogP contribution in [-0.4, -0.2) is 19.2 Å². The van der Waals surface area contributed by atoms with Crippen molar-refractivity contribution in [1.29, 1.82) is 0 Å². The van der Waals surface area contributed by atoms with Crippen LogP contribution in [-0.2, 0) is 0 Å². The Bertz CT molecular complexity index is 1110. The SMILES string of the molecule is Cc1cc2nc(C=Cc3cccnc3)cc(=O)n2n1-c1ccccc1. The molecule has 122 valence electrons. The second-order valence-electron chi connectivity index (χ2n) is 5.74. The monoisotopic (exact) mass is 328 g/mol. The average Bonchev–Trinajstić information content (AvgIpc) is 2.98. The molecule has 0 amide bonds. The Morgan fingerprint density at radius 1 is 1.00 bits per heavy atom. The number of aryl methyl sites for hydroxylation is 1.